The van der Waals surface area contributed by atoms with Gasteiger partial charge in [0.1, 0.15) is 0 Å². The number of carbonyl (C=O) groups excluding carboxylic acids is 2. The van der Waals surface area contributed by atoms with Crippen molar-refractivity contribution < 1.29 is 9.59 Å². The Balaban J connectivity index is 0.00000240. The third-order valence-corrected chi connectivity index (χ3v) is 7.02. The number of nitrogens with one attached hydrogen (secondary N) is 1. The Bertz CT molecular complexity index is 851. The van der Waals surface area contributed by atoms with E-state index in [9.17, 15) is 9.59 Å². The third kappa shape index (κ3) is 4.67. The molecule has 2 saturated heterocycles. The van der Waals surface area contributed by atoms with Crippen LogP contribution in [0.15, 0.2) is 54.6 Å². The van der Waals surface area contributed by atoms with Crippen molar-refractivity contribution in [3.63, 3.8) is 0 Å². The van der Waals surface area contributed by atoms with Gasteiger partial charge in [0.15, 0.2) is 0 Å². The van der Waals surface area contributed by atoms with Crippen LogP contribution in [-0.2, 0) is 21.5 Å². The van der Waals surface area contributed by atoms with Crippen LogP contribution in [0, 0.1) is 9.49 Å². The molecular weight excluding hydrogens is 499 g/mol. The van der Waals surface area contributed by atoms with Crippen molar-refractivity contribution in [1.29, 1.82) is 0 Å². The van der Waals surface area contributed by atoms with Gasteiger partial charge in [-0.15, -0.1) is 12.4 Å². The number of likely N-dealkylation sites (tertiary alicyclic amines) is 1. The number of imide groups is 1. The van der Waals surface area contributed by atoms with Crippen LogP contribution >= 0.6 is 35.0 Å². The molecule has 1 atom stereocenters. The normalized spacial score (nSPS) is 23.3. The Hall–Kier alpha value is -1.44. The molecule has 4 nitrogen and oxygen atoms in total. The molecule has 2 aliphatic rings. The summed E-state index contributed by atoms with van der Waals surface area (Å²) in [6.07, 6.45) is 2.98. The predicted octanol–water partition coefficient (Wildman–Crippen LogP) is 4.30. The third-order valence-electron chi connectivity index (χ3n) is 6.30. The number of amides is 2. The Labute approximate surface area is 192 Å². The molecule has 2 aromatic rings. The molecule has 2 heterocycles. The second kappa shape index (κ2) is 9.58. The van der Waals surface area contributed by atoms with Crippen molar-refractivity contribution in [1.82, 2.24) is 10.2 Å². The summed E-state index contributed by atoms with van der Waals surface area (Å²) in [6.45, 7) is 2.91. The number of hydrogen-bond donors (Lipinski definition) is 1. The first-order chi connectivity index (χ1) is 13.6. The fourth-order valence-electron chi connectivity index (χ4n) is 4.79. The van der Waals surface area contributed by atoms with Gasteiger partial charge in [0.25, 0.3) is 0 Å². The van der Waals surface area contributed by atoms with Crippen LogP contribution in [0.2, 0.25) is 0 Å². The number of halogens is 2. The lowest BCUT2D eigenvalue weighted by atomic mass is 9.62. The van der Waals surface area contributed by atoms with Gasteiger partial charge >= 0.3 is 0 Å². The summed E-state index contributed by atoms with van der Waals surface area (Å²) < 4.78 is 1.25. The molecule has 29 heavy (non-hydrogen) atoms. The van der Waals surface area contributed by atoms with Gasteiger partial charge in [0.05, 0.1) is 5.41 Å². The standard InChI is InChI=1S/C23H25IN2O2.ClH/c24-20-8-6-17(7-9-20)16-26-14-11-19(12-15-26)23(18-4-2-1-3-5-18)13-10-21(27)25-22(23)28;/h1-9,19H,10-16H2,(H,25,27,28);1H. The largest absolute Gasteiger partial charge is 0.299 e. The Kier molecular flexibility index (Phi) is 7.35. The van der Waals surface area contributed by atoms with Crippen LogP contribution in [-0.4, -0.2) is 29.8 Å². The molecule has 1 unspecified atom stereocenters. The zero-order valence-electron chi connectivity index (χ0n) is 16.3. The van der Waals surface area contributed by atoms with E-state index in [2.05, 4.69) is 57.1 Å². The lowest BCUT2D eigenvalue weighted by Crippen LogP contribution is -2.57. The molecule has 1 N–H and O–H groups in total. The maximum atomic E-state index is 13.1. The highest BCUT2D eigenvalue weighted by atomic mass is 127. The highest BCUT2D eigenvalue weighted by molar-refractivity contribution is 14.1. The number of piperidine rings is 2. The second-order valence-electron chi connectivity index (χ2n) is 7.89. The van der Waals surface area contributed by atoms with Gasteiger partial charge in [0, 0.05) is 16.5 Å². The van der Waals surface area contributed by atoms with E-state index in [1.165, 1.54) is 9.13 Å². The first-order valence-electron chi connectivity index (χ1n) is 9.94. The second-order valence-corrected chi connectivity index (χ2v) is 9.14. The fourth-order valence-corrected chi connectivity index (χ4v) is 5.15. The van der Waals surface area contributed by atoms with Crippen LogP contribution in [0.1, 0.15) is 36.8 Å². The summed E-state index contributed by atoms with van der Waals surface area (Å²) in [5, 5.41) is 2.63. The molecule has 4 rings (SSSR count). The molecule has 2 amide bonds. The molecule has 0 saturated carbocycles. The number of hydrogen-bond acceptors (Lipinski definition) is 3. The minimum absolute atomic E-state index is 0. The molecule has 0 spiro atoms. The topological polar surface area (TPSA) is 49.4 Å². The van der Waals surface area contributed by atoms with Crippen LogP contribution < -0.4 is 5.32 Å². The molecule has 0 radical (unpaired) electrons. The van der Waals surface area contributed by atoms with Gasteiger partial charge in [-0.05, 0) is 84.1 Å². The summed E-state index contributed by atoms with van der Waals surface area (Å²) in [7, 11) is 0. The first kappa shape index (κ1) is 22.2. The Morgan fingerprint density at radius 1 is 1.00 bits per heavy atom. The molecule has 154 valence electrons. The molecule has 2 aromatic carbocycles. The fraction of sp³-hybridized carbons (Fsp3) is 0.391. The minimum atomic E-state index is -0.579. The molecule has 0 aromatic heterocycles. The van der Waals surface area contributed by atoms with Gasteiger partial charge in [-0.1, -0.05) is 42.5 Å². The SMILES string of the molecule is Cl.O=C1CCC(c2ccccc2)(C2CCN(Cc3ccc(I)cc3)CC2)C(=O)N1. The zero-order valence-corrected chi connectivity index (χ0v) is 19.2. The van der Waals surface area contributed by atoms with E-state index in [-0.39, 0.29) is 30.1 Å². The predicted molar refractivity (Wildman–Crippen MR) is 125 cm³/mol. The minimum Gasteiger partial charge on any atom is -0.299 e. The average Bonchev–Trinajstić information content (AvgIpc) is 2.72. The van der Waals surface area contributed by atoms with Crippen LogP contribution in [0.5, 0.6) is 0 Å². The lowest BCUT2D eigenvalue weighted by Gasteiger charge is -2.45. The quantitative estimate of drug-likeness (QED) is 0.479. The molecule has 0 bridgehead atoms. The van der Waals surface area contributed by atoms with Crippen molar-refractivity contribution in [2.45, 2.75) is 37.6 Å². The average molecular weight is 525 g/mol. The van der Waals surface area contributed by atoms with Gasteiger partial charge in [-0.3, -0.25) is 19.8 Å². The van der Waals surface area contributed by atoms with Crippen molar-refractivity contribution in [3.05, 3.63) is 69.3 Å². The molecule has 0 aliphatic carbocycles. The van der Waals surface area contributed by atoms with E-state index in [0.29, 0.717) is 12.8 Å². The summed E-state index contributed by atoms with van der Waals surface area (Å²) in [6, 6.07) is 18.7. The summed E-state index contributed by atoms with van der Waals surface area (Å²) in [5.41, 5.74) is 1.80. The highest BCUT2D eigenvalue weighted by Crippen LogP contribution is 2.44. The van der Waals surface area contributed by atoms with Crippen LogP contribution in [0.4, 0.5) is 0 Å². The number of nitrogens with zero attached hydrogens (tertiary/aromatic N) is 1. The van der Waals surface area contributed by atoms with E-state index in [1.54, 1.807) is 0 Å². The number of rotatable bonds is 4. The van der Waals surface area contributed by atoms with Crippen molar-refractivity contribution in [2.24, 2.45) is 5.92 Å². The number of carbonyl (C=O) groups is 2. The van der Waals surface area contributed by atoms with Crippen LogP contribution in [0.25, 0.3) is 0 Å². The van der Waals surface area contributed by atoms with Gasteiger partial charge in [-0.2, -0.15) is 0 Å². The first-order valence-corrected chi connectivity index (χ1v) is 11.0. The van der Waals surface area contributed by atoms with Crippen molar-refractivity contribution in [2.75, 3.05) is 13.1 Å². The highest BCUT2D eigenvalue weighted by Gasteiger charge is 2.50. The Morgan fingerprint density at radius 3 is 2.28 bits per heavy atom. The van der Waals surface area contributed by atoms with E-state index in [0.717, 1.165) is 38.0 Å². The summed E-state index contributed by atoms with van der Waals surface area (Å²) >= 11 is 2.33. The number of benzene rings is 2. The van der Waals surface area contributed by atoms with Gasteiger partial charge in [0.2, 0.25) is 11.8 Å². The molecule has 2 fully saturated rings. The van der Waals surface area contributed by atoms with Crippen molar-refractivity contribution in [3.8, 4) is 0 Å². The monoisotopic (exact) mass is 524 g/mol. The van der Waals surface area contributed by atoms with Gasteiger partial charge in [-0.25, -0.2) is 0 Å². The maximum Gasteiger partial charge on any atom is 0.237 e. The molecular formula is C23H26ClIN2O2. The molecule has 2 aliphatic heterocycles. The van der Waals surface area contributed by atoms with Crippen LogP contribution in [0.3, 0.4) is 0 Å². The summed E-state index contributed by atoms with van der Waals surface area (Å²) in [4.78, 5) is 27.4. The van der Waals surface area contributed by atoms with E-state index < -0.39 is 5.41 Å². The zero-order chi connectivity index (χ0) is 19.6. The van der Waals surface area contributed by atoms with E-state index in [1.807, 2.05) is 30.3 Å². The Morgan fingerprint density at radius 2 is 1.66 bits per heavy atom. The maximum absolute atomic E-state index is 13.1. The summed E-state index contributed by atoms with van der Waals surface area (Å²) in [5.74, 6) is 0.00899. The van der Waals surface area contributed by atoms with Crippen molar-refractivity contribution >= 4 is 46.8 Å². The molecule has 6 heteroatoms. The van der Waals surface area contributed by atoms with E-state index >= 15 is 0 Å². The van der Waals surface area contributed by atoms with E-state index in [4.69, 9.17) is 0 Å². The van der Waals surface area contributed by atoms with Gasteiger partial charge < -0.3 is 0 Å². The lowest BCUT2D eigenvalue weighted by molar-refractivity contribution is -0.140. The smallest absolute Gasteiger partial charge is 0.237 e.